The fourth-order valence-electron chi connectivity index (χ4n) is 1.08. The van der Waals surface area contributed by atoms with E-state index < -0.39 is 23.1 Å². The summed E-state index contributed by atoms with van der Waals surface area (Å²) in [6.45, 7) is 0. The van der Waals surface area contributed by atoms with Crippen LogP contribution in [0.2, 0.25) is 5.02 Å². The van der Waals surface area contributed by atoms with E-state index in [-0.39, 0.29) is 10.6 Å². The van der Waals surface area contributed by atoms with Gasteiger partial charge in [-0.2, -0.15) is 0 Å². The van der Waals surface area contributed by atoms with E-state index in [1.807, 2.05) is 0 Å². The van der Waals surface area contributed by atoms with Crippen LogP contribution in [0.15, 0.2) is 18.2 Å². The van der Waals surface area contributed by atoms with E-state index in [1.165, 1.54) is 0 Å². The lowest BCUT2D eigenvalue weighted by molar-refractivity contribution is -0.274. The monoisotopic (exact) mass is 308 g/mol. The maximum absolute atomic E-state index is 12.0. The van der Waals surface area contributed by atoms with Crippen molar-refractivity contribution in [2.75, 3.05) is 0 Å². The van der Waals surface area contributed by atoms with Gasteiger partial charge in [-0.3, -0.25) is 0 Å². The fourth-order valence-corrected chi connectivity index (χ4v) is 1.58. The van der Waals surface area contributed by atoms with Crippen LogP contribution in [0.25, 0.3) is 0 Å². The standard InChI is InChI=1S/C9H6Cl3F3O2/c10-6-2-1-4(17-9(13,14)15)3-5(6)7(16)8(11)12/h1-3,7-8,16H. The third-order valence-electron chi connectivity index (χ3n) is 1.76. The lowest BCUT2D eigenvalue weighted by Crippen LogP contribution is -2.17. The van der Waals surface area contributed by atoms with E-state index in [2.05, 4.69) is 4.74 Å². The van der Waals surface area contributed by atoms with Gasteiger partial charge >= 0.3 is 6.36 Å². The molecule has 1 aromatic rings. The number of hydrogen-bond donors (Lipinski definition) is 1. The molecular formula is C9H6Cl3F3O2. The summed E-state index contributed by atoms with van der Waals surface area (Å²) in [5, 5.41) is 9.56. The Labute approximate surface area is 110 Å². The minimum absolute atomic E-state index is 0.0385. The summed E-state index contributed by atoms with van der Waals surface area (Å²) in [5.41, 5.74) is -0.0385. The molecular weight excluding hydrogens is 303 g/mol. The Hall–Kier alpha value is -0.360. The Morgan fingerprint density at radius 2 is 1.82 bits per heavy atom. The van der Waals surface area contributed by atoms with Gasteiger partial charge in [0.15, 0.2) is 0 Å². The zero-order chi connectivity index (χ0) is 13.2. The second-order valence-electron chi connectivity index (χ2n) is 3.01. The summed E-state index contributed by atoms with van der Waals surface area (Å²) in [6, 6.07) is 3.10. The lowest BCUT2D eigenvalue weighted by Gasteiger charge is -2.15. The molecule has 0 bridgehead atoms. The predicted octanol–water partition coefficient (Wildman–Crippen LogP) is 4.08. The van der Waals surface area contributed by atoms with Gasteiger partial charge in [-0.05, 0) is 18.2 Å². The molecule has 0 saturated heterocycles. The van der Waals surface area contributed by atoms with E-state index in [9.17, 15) is 18.3 Å². The highest BCUT2D eigenvalue weighted by Crippen LogP contribution is 2.33. The molecule has 96 valence electrons. The number of aliphatic hydroxyl groups is 1. The minimum Gasteiger partial charge on any atom is -0.406 e. The first-order valence-electron chi connectivity index (χ1n) is 4.22. The van der Waals surface area contributed by atoms with Gasteiger partial charge in [-0.1, -0.05) is 11.6 Å². The third kappa shape index (κ3) is 4.43. The predicted molar refractivity (Wildman–Crippen MR) is 58.6 cm³/mol. The molecule has 1 unspecified atom stereocenters. The van der Waals surface area contributed by atoms with Crippen LogP contribution < -0.4 is 4.74 Å². The van der Waals surface area contributed by atoms with E-state index in [1.54, 1.807) is 0 Å². The summed E-state index contributed by atoms with van der Waals surface area (Å²) in [5.74, 6) is -0.509. The molecule has 1 rings (SSSR count). The Kier molecular flexibility index (Phi) is 4.77. The summed E-state index contributed by atoms with van der Waals surface area (Å²) < 4.78 is 39.6. The van der Waals surface area contributed by atoms with Crippen LogP contribution in [0.1, 0.15) is 11.7 Å². The summed E-state index contributed by atoms with van der Waals surface area (Å²) in [7, 11) is 0. The summed E-state index contributed by atoms with van der Waals surface area (Å²) in [6.07, 6.45) is -6.22. The second-order valence-corrected chi connectivity index (χ2v) is 4.58. The van der Waals surface area contributed by atoms with Crippen molar-refractivity contribution >= 4 is 34.8 Å². The van der Waals surface area contributed by atoms with E-state index in [0.717, 1.165) is 18.2 Å². The quantitative estimate of drug-likeness (QED) is 0.853. The average molecular weight is 309 g/mol. The molecule has 2 nitrogen and oxygen atoms in total. The van der Waals surface area contributed by atoms with Gasteiger partial charge in [0.1, 0.15) is 16.7 Å². The highest BCUT2D eigenvalue weighted by molar-refractivity contribution is 6.44. The second kappa shape index (κ2) is 5.52. The van der Waals surface area contributed by atoms with Crippen LogP contribution >= 0.6 is 34.8 Å². The van der Waals surface area contributed by atoms with Crippen LogP contribution in [0, 0.1) is 0 Å². The zero-order valence-electron chi connectivity index (χ0n) is 8.01. The molecule has 0 aliphatic carbocycles. The van der Waals surface area contributed by atoms with Crippen molar-refractivity contribution in [2.45, 2.75) is 17.3 Å². The molecule has 1 N–H and O–H groups in total. The smallest absolute Gasteiger partial charge is 0.406 e. The van der Waals surface area contributed by atoms with Gasteiger partial charge in [0.25, 0.3) is 0 Å². The molecule has 0 aliphatic rings. The number of hydrogen-bond acceptors (Lipinski definition) is 2. The van der Waals surface area contributed by atoms with Gasteiger partial charge < -0.3 is 9.84 Å². The maximum atomic E-state index is 12.0. The minimum atomic E-state index is -4.82. The van der Waals surface area contributed by atoms with Crippen molar-refractivity contribution in [1.29, 1.82) is 0 Å². The Bertz CT molecular complexity index is 396. The largest absolute Gasteiger partial charge is 0.573 e. The molecule has 0 saturated carbocycles. The Balaban J connectivity index is 3.02. The molecule has 0 spiro atoms. The maximum Gasteiger partial charge on any atom is 0.573 e. The van der Waals surface area contributed by atoms with Crippen molar-refractivity contribution in [3.05, 3.63) is 28.8 Å². The van der Waals surface area contributed by atoms with Crippen LogP contribution in [-0.4, -0.2) is 16.3 Å². The molecule has 0 fully saturated rings. The van der Waals surface area contributed by atoms with Gasteiger partial charge in [0.2, 0.25) is 0 Å². The first kappa shape index (κ1) is 14.7. The molecule has 8 heteroatoms. The molecule has 0 aromatic heterocycles. The Morgan fingerprint density at radius 3 is 2.29 bits per heavy atom. The third-order valence-corrected chi connectivity index (χ3v) is 2.58. The van der Waals surface area contributed by atoms with Gasteiger partial charge in [-0.25, -0.2) is 0 Å². The molecule has 0 amide bonds. The average Bonchev–Trinajstić information content (AvgIpc) is 2.17. The Morgan fingerprint density at radius 1 is 1.24 bits per heavy atom. The number of rotatable bonds is 3. The molecule has 0 aliphatic heterocycles. The number of aliphatic hydroxyl groups excluding tert-OH is 1. The SMILES string of the molecule is OC(c1cc(OC(F)(F)F)ccc1Cl)C(Cl)Cl. The van der Waals surface area contributed by atoms with Crippen molar-refractivity contribution in [1.82, 2.24) is 0 Å². The van der Waals surface area contributed by atoms with Crippen molar-refractivity contribution in [3.8, 4) is 5.75 Å². The summed E-state index contributed by atoms with van der Waals surface area (Å²) >= 11 is 16.5. The zero-order valence-corrected chi connectivity index (χ0v) is 10.3. The molecule has 1 atom stereocenters. The first-order valence-corrected chi connectivity index (χ1v) is 5.47. The van der Waals surface area contributed by atoms with Crippen LogP contribution in [0.3, 0.4) is 0 Å². The van der Waals surface area contributed by atoms with Gasteiger partial charge in [0.05, 0.1) is 0 Å². The van der Waals surface area contributed by atoms with E-state index in [0.29, 0.717) is 0 Å². The number of ether oxygens (including phenoxy) is 1. The normalized spacial score (nSPS) is 13.9. The molecule has 1 aromatic carbocycles. The van der Waals surface area contributed by atoms with Gasteiger partial charge in [0, 0.05) is 10.6 Å². The number of benzene rings is 1. The van der Waals surface area contributed by atoms with Crippen LogP contribution in [0.4, 0.5) is 13.2 Å². The van der Waals surface area contributed by atoms with Crippen LogP contribution in [0.5, 0.6) is 5.75 Å². The molecule has 0 radical (unpaired) electrons. The molecule has 17 heavy (non-hydrogen) atoms. The van der Waals surface area contributed by atoms with Crippen molar-refractivity contribution < 1.29 is 23.0 Å². The van der Waals surface area contributed by atoms with Crippen molar-refractivity contribution in [3.63, 3.8) is 0 Å². The van der Waals surface area contributed by atoms with E-state index in [4.69, 9.17) is 34.8 Å². The topological polar surface area (TPSA) is 29.5 Å². The highest BCUT2D eigenvalue weighted by atomic mass is 35.5. The van der Waals surface area contributed by atoms with E-state index >= 15 is 0 Å². The number of halogens is 6. The van der Waals surface area contributed by atoms with Crippen LogP contribution in [-0.2, 0) is 0 Å². The summed E-state index contributed by atoms with van der Waals surface area (Å²) in [4.78, 5) is -1.21. The fraction of sp³-hybridized carbons (Fsp3) is 0.333. The van der Waals surface area contributed by atoms with Crippen molar-refractivity contribution in [2.24, 2.45) is 0 Å². The lowest BCUT2D eigenvalue weighted by atomic mass is 10.1. The molecule has 0 heterocycles. The van der Waals surface area contributed by atoms with Gasteiger partial charge in [-0.15, -0.1) is 36.4 Å². The highest BCUT2D eigenvalue weighted by Gasteiger charge is 2.31. The number of alkyl halides is 5. The first-order chi connectivity index (χ1) is 7.70.